The summed E-state index contributed by atoms with van der Waals surface area (Å²) in [7, 11) is -3.68. The van der Waals surface area contributed by atoms with Crippen molar-refractivity contribution in [1.82, 2.24) is 9.62 Å². The van der Waals surface area contributed by atoms with Crippen LogP contribution in [-0.4, -0.2) is 45.1 Å². The van der Waals surface area contributed by atoms with E-state index in [1.165, 1.54) is 22.5 Å². The van der Waals surface area contributed by atoms with Crippen molar-refractivity contribution >= 4 is 49.3 Å². The number of rotatable bonds is 5. The van der Waals surface area contributed by atoms with Crippen LogP contribution < -0.4 is 10.6 Å². The molecule has 0 spiro atoms. The molecule has 0 radical (unpaired) electrons. The second-order valence-corrected chi connectivity index (χ2v) is 9.26. The number of ether oxygens (including phenoxy) is 1. The van der Waals surface area contributed by atoms with Crippen molar-refractivity contribution in [1.29, 1.82) is 0 Å². The smallest absolute Gasteiger partial charge is 0.319 e. The Morgan fingerprint density at radius 1 is 1.18 bits per heavy atom. The van der Waals surface area contributed by atoms with Crippen molar-refractivity contribution in [2.75, 3.05) is 31.6 Å². The number of morpholine rings is 1. The summed E-state index contributed by atoms with van der Waals surface area (Å²) in [6, 6.07) is 11.3. The summed E-state index contributed by atoms with van der Waals surface area (Å²) < 4.78 is 33.0. The third-order valence-electron chi connectivity index (χ3n) is 4.19. The molecule has 1 heterocycles. The highest BCUT2D eigenvalue weighted by Crippen LogP contribution is 2.27. The van der Waals surface area contributed by atoms with Crippen LogP contribution in [0.3, 0.4) is 0 Å². The summed E-state index contributed by atoms with van der Waals surface area (Å²) in [5.41, 5.74) is 1.13. The van der Waals surface area contributed by atoms with Crippen LogP contribution in [0.4, 0.5) is 10.5 Å². The van der Waals surface area contributed by atoms with Gasteiger partial charge in [0, 0.05) is 24.1 Å². The minimum atomic E-state index is -3.68. The number of hydrogen-bond donors (Lipinski definition) is 2. The lowest BCUT2D eigenvalue weighted by atomic mass is 10.2. The van der Waals surface area contributed by atoms with E-state index < -0.39 is 16.1 Å². The van der Waals surface area contributed by atoms with Crippen LogP contribution in [0.5, 0.6) is 0 Å². The fourth-order valence-corrected chi connectivity index (χ4v) is 4.70. The maximum Gasteiger partial charge on any atom is 0.319 e. The van der Waals surface area contributed by atoms with Gasteiger partial charge in [0.05, 0.1) is 28.8 Å². The molecule has 2 amide bonds. The quantitative estimate of drug-likeness (QED) is 0.675. The second kappa shape index (κ2) is 9.23. The zero-order valence-corrected chi connectivity index (χ0v) is 18.0. The summed E-state index contributed by atoms with van der Waals surface area (Å²) in [5.74, 6) is 0. The molecule has 0 bridgehead atoms. The molecular weight excluding hydrogens is 470 g/mol. The number of amides is 2. The van der Waals surface area contributed by atoms with E-state index in [-0.39, 0.29) is 15.6 Å². The Labute approximate surface area is 177 Å². The molecule has 1 aliphatic heterocycles. The maximum absolute atomic E-state index is 12.8. The van der Waals surface area contributed by atoms with E-state index in [9.17, 15) is 13.2 Å². The Morgan fingerprint density at radius 3 is 2.61 bits per heavy atom. The molecule has 2 aromatic rings. The summed E-state index contributed by atoms with van der Waals surface area (Å²) in [6.45, 7) is 1.60. The average Bonchev–Trinajstić information content (AvgIpc) is 2.69. The van der Waals surface area contributed by atoms with Gasteiger partial charge < -0.3 is 15.4 Å². The standard InChI is InChI=1S/C18H19BrClN3O4S/c19-15-4-2-1-3-13(15)12-21-18(24)22-17-11-14(5-6-16(17)20)28(25,26)23-7-9-27-10-8-23/h1-6,11H,7-10,12H2,(H2,21,22,24). The van der Waals surface area contributed by atoms with Crippen molar-refractivity contribution in [2.24, 2.45) is 0 Å². The average molecular weight is 489 g/mol. The number of carbonyl (C=O) groups is 1. The molecule has 0 aliphatic carbocycles. The van der Waals surface area contributed by atoms with E-state index in [0.717, 1.165) is 10.0 Å². The van der Waals surface area contributed by atoms with E-state index in [0.29, 0.717) is 32.8 Å². The molecule has 2 aromatic carbocycles. The first-order chi connectivity index (χ1) is 13.4. The van der Waals surface area contributed by atoms with Crippen LogP contribution >= 0.6 is 27.5 Å². The number of anilines is 1. The van der Waals surface area contributed by atoms with Gasteiger partial charge in [-0.15, -0.1) is 0 Å². The highest BCUT2D eigenvalue weighted by molar-refractivity contribution is 9.10. The van der Waals surface area contributed by atoms with Crippen LogP contribution in [0.2, 0.25) is 5.02 Å². The number of sulfonamides is 1. The van der Waals surface area contributed by atoms with E-state index in [2.05, 4.69) is 26.6 Å². The Bertz CT molecular complexity index is 965. The van der Waals surface area contributed by atoms with E-state index in [1.54, 1.807) is 0 Å². The number of hydrogen-bond acceptors (Lipinski definition) is 4. The van der Waals surface area contributed by atoms with Gasteiger partial charge in [-0.3, -0.25) is 0 Å². The highest BCUT2D eigenvalue weighted by Gasteiger charge is 2.27. The Kier molecular flexibility index (Phi) is 6.95. The zero-order valence-electron chi connectivity index (χ0n) is 14.8. The topological polar surface area (TPSA) is 87.7 Å². The van der Waals surface area contributed by atoms with Gasteiger partial charge in [0.2, 0.25) is 10.0 Å². The molecule has 3 rings (SSSR count). The minimum absolute atomic E-state index is 0.0694. The molecule has 0 unspecified atom stereocenters. The zero-order chi connectivity index (χ0) is 20.1. The molecule has 1 saturated heterocycles. The number of carbonyl (C=O) groups excluding carboxylic acids is 1. The largest absolute Gasteiger partial charge is 0.379 e. The summed E-state index contributed by atoms with van der Waals surface area (Å²) >= 11 is 9.56. The number of nitrogens with one attached hydrogen (secondary N) is 2. The predicted octanol–water partition coefficient (Wildman–Crippen LogP) is 3.45. The number of urea groups is 1. The monoisotopic (exact) mass is 487 g/mol. The third-order valence-corrected chi connectivity index (χ3v) is 7.19. The van der Waals surface area contributed by atoms with Crippen LogP contribution in [-0.2, 0) is 21.3 Å². The molecule has 0 aromatic heterocycles. The van der Waals surface area contributed by atoms with Gasteiger partial charge in [0.1, 0.15) is 0 Å². The summed E-state index contributed by atoms with van der Waals surface area (Å²) in [5, 5.41) is 5.58. The number of nitrogens with zero attached hydrogens (tertiary/aromatic N) is 1. The molecule has 0 saturated carbocycles. The van der Waals surface area contributed by atoms with Crippen molar-refractivity contribution in [3.63, 3.8) is 0 Å². The van der Waals surface area contributed by atoms with Crippen LogP contribution in [0, 0.1) is 0 Å². The number of benzene rings is 2. The fourth-order valence-electron chi connectivity index (χ4n) is 2.68. The molecule has 10 heteroatoms. The fraction of sp³-hybridized carbons (Fsp3) is 0.278. The van der Waals surface area contributed by atoms with E-state index in [1.807, 2.05) is 24.3 Å². The normalized spacial score (nSPS) is 15.2. The Balaban J connectivity index is 1.71. The molecule has 1 aliphatic rings. The molecule has 150 valence electrons. The van der Waals surface area contributed by atoms with Gasteiger partial charge in [-0.1, -0.05) is 45.7 Å². The molecule has 28 heavy (non-hydrogen) atoms. The van der Waals surface area contributed by atoms with Gasteiger partial charge in [-0.2, -0.15) is 4.31 Å². The van der Waals surface area contributed by atoms with E-state index >= 15 is 0 Å². The van der Waals surface area contributed by atoms with Gasteiger partial charge in [-0.05, 0) is 29.8 Å². The van der Waals surface area contributed by atoms with Gasteiger partial charge in [0.15, 0.2) is 0 Å². The van der Waals surface area contributed by atoms with Crippen molar-refractivity contribution < 1.29 is 17.9 Å². The SMILES string of the molecule is O=C(NCc1ccccc1Br)Nc1cc(S(=O)(=O)N2CCOCC2)ccc1Cl. The lowest BCUT2D eigenvalue weighted by Gasteiger charge is -2.26. The van der Waals surface area contributed by atoms with Crippen molar-refractivity contribution in [3.05, 3.63) is 57.5 Å². The van der Waals surface area contributed by atoms with Crippen LogP contribution in [0.15, 0.2) is 51.8 Å². The first-order valence-electron chi connectivity index (χ1n) is 8.53. The van der Waals surface area contributed by atoms with Crippen LogP contribution in [0.25, 0.3) is 0 Å². The van der Waals surface area contributed by atoms with Crippen molar-refractivity contribution in [2.45, 2.75) is 11.4 Å². The highest BCUT2D eigenvalue weighted by atomic mass is 79.9. The van der Waals surface area contributed by atoms with Gasteiger partial charge >= 0.3 is 6.03 Å². The summed E-state index contributed by atoms with van der Waals surface area (Å²) in [6.07, 6.45) is 0. The van der Waals surface area contributed by atoms with Crippen LogP contribution in [0.1, 0.15) is 5.56 Å². The lowest BCUT2D eigenvalue weighted by molar-refractivity contribution is 0.0730. The van der Waals surface area contributed by atoms with Crippen molar-refractivity contribution in [3.8, 4) is 0 Å². The lowest BCUT2D eigenvalue weighted by Crippen LogP contribution is -2.40. The number of halogens is 2. The first kappa shape index (κ1) is 21.1. The molecular formula is C18H19BrClN3O4S. The second-order valence-electron chi connectivity index (χ2n) is 6.06. The minimum Gasteiger partial charge on any atom is -0.379 e. The molecule has 0 atom stereocenters. The van der Waals surface area contributed by atoms with Gasteiger partial charge in [-0.25, -0.2) is 13.2 Å². The Morgan fingerprint density at radius 2 is 1.89 bits per heavy atom. The Hall–Kier alpha value is -1.65. The molecule has 1 fully saturated rings. The molecule has 2 N–H and O–H groups in total. The van der Waals surface area contributed by atoms with E-state index in [4.69, 9.17) is 16.3 Å². The van der Waals surface area contributed by atoms with Gasteiger partial charge in [0.25, 0.3) is 0 Å². The predicted molar refractivity (Wildman–Crippen MR) is 111 cm³/mol. The third kappa shape index (κ3) is 5.03. The first-order valence-corrected chi connectivity index (χ1v) is 11.1. The maximum atomic E-state index is 12.8. The molecule has 7 nitrogen and oxygen atoms in total. The summed E-state index contributed by atoms with van der Waals surface area (Å²) in [4.78, 5) is 12.3.